The lowest BCUT2D eigenvalue weighted by Crippen LogP contribution is -2.36. The van der Waals surface area contributed by atoms with E-state index in [4.69, 9.17) is 4.74 Å². The molecule has 5 nitrogen and oxygen atoms in total. The molecule has 0 bridgehead atoms. The maximum atomic E-state index is 13.8. The van der Waals surface area contributed by atoms with Gasteiger partial charge in [-0.1, -0.05) is 61.7 Å². The largest absolute Gasteiger partial charge is 0.466 e. The van der Waals surface area contributed by atoms with Crippen LogP contribution in [0.25, 0.3) is 17.2 Å². The average Bonchev–Trinajstić information content (AvgIpc) is 2.96. The van der Waals surface area contributed by atoms with Crippen LogP contribution in [0, 0.1) is 12.8 Å². The Hall–Kier alpha value is -3.86. The summed E-state index contributed by atoms with van der Waals surface area (Å²) >= 11 is 0. The number of hydrogen-bond donors (Lipinski definition) is 0. The lowest BCUT2D eigenvalue weighted by Gasteiger charge is -2.30. The van der Waals surface area contributed by atoms with E-state index in [0.717, 1.165) is 59.2 Å². The maximum absolute atomic E-state index is 13.8. The Labute approximate surface area is 226 Å². The number of benzene rings is 3. The van der Waals surface area contributed by atoms with Crippen LogP contribution in [0.2, 0.25) is 0 Å². The molecule has 0 saturated heterocycles. The zero-order chi connectivity index (χ0) is 27.1. The Balaban J connectivity index is 1.61. The number of carbonyl (C=O) groups excluding carboxylic acids is 2. The second-order valence-electron chi connectivity index (χ2n) is 10.3. The molecule has 0 radical (unpaired) electrons. The molecule has 1 aliphatic rings. The van der Waals surface area contributed by atoms with Gasteiger partial charge in [0.2, 0.25) is 5.91 Å². The van der Waals surface area contributed by atoms with Gasteiger partial charge in [-0.25, -0.2) is 4.79 Å². The quantitative estimate of drug-likeness (QED) is 0.241. The van der Waals surface area contributed by atoms with Crippen molar-refractivity contribution in [1.82, 2.24) is 0 Å². The van der Waals surface area contributed by atoms with E-state index < -0.39 is 5.97 Å². The van der Waals surface area contributed by atoms with E-state index in [0.29, 0.717) is 6.54 Å². The zero-order valence-corrected chi connectivity index (χ0v) is 22.9. The Morgan fingerprint density at radius 3 is 2.08 bits per heavy atom. The fraction of sp³-hybridized carbons (Fsp3) is 0.333. The molecule has 0 aliphatic heterocycles. The van der Waals surface area contributed by atoms with Crippen LogP contribution < -0.4 is 9.80 Å². The second-order valence-corrected chi connectivity index (χ2v) is 10.3. The smallest absolute Gasteiger partial charge is 0.330 e. The normalized spacial score (nSPS) is 13.9. The Bertz CT molecular complexity index is 1270. The van der Waals surface area contributed by atoms with Gasteiger partial charge in [0.25, 0.3) is 0 Å². The van der Waals surface area contributed by atoms with Gasteiger partial charge in [0, 0.05) is 37.5 Å². The van der Waals surface area contributed by atoms with Crippen molar-refractivity contribution in [2.24, 2.45) is 5.92 Å². The van der Waals surface area contributed by atoms with Crippen molar-refractivity contribution in [3.8, 4) is 11.1 Å². The predicted molar refractivity (Wildman–Crippen MR) is 156 cm³/mol. The summed E-state index contributed by atoms with van der Waals surface area (Å²) in [6.45, 7) is 2.50. The van der Waals surface area contributed by atoms with Crippen molar-refractivity contribution in [2.75, 3.05) is 31.0 Å². The fourth-order valence-electron chi connectivity index (χ4n) is 5.00. The molecule has 3 aromatic carbocycles. The number of rotatable bonds is 8. The summed E-state index contributed by atoms with van der Waals surface area (Å²) in [5, 5.41) is 0. The highest BCUT2D eigenvalue weighted by atomic mass is 16.5. The van der Waals surface area contributed by atoms with E-state index >= 15 is 0 Å². The summed E-state index contributed by atoms with van der Waals surface area (Å²) < 4.78 is 4.75. The van der Waals surface area contributed by atoms with Gasteiger partial charge in [-0.3, -0.25) is 4.79 Å². The van der Waals surface area contributed by atoms with Crippen LogP contribution in [0.5, 0.6) is 0 Å². The number of methoxy groups -OCH3 is 1. The highest BCUT2D eigenvalue weighted by molar-refractivity contribution is 5.95. The molecule has 1 fully saturated rings. The number of nitrogens with zero attached hydrogens (tertiary/aromatic N) is 2. The molecule has 0 atom stereocenters. The molecule has 0 spiro atoms. The van der Waals surface area contributed by atoms with Crippen molar-refractivity contribution >= 4 is 29.3 Å². The topological polar surface area (TPSA) is 49.9 Å². The van der Waals surface area contributed by atoms with E-state index in [1.165, 1.54) is 25.3 Å². The first-order valence-electron chi connectivity index (χ1n) is 13.4. The molecular formula is C33H38N2O3. The second kappa shape index (κ2) is 12.6. The van der Waals surface area contributed by atoms with E-state index in [9.17, 15) is 9.59 Å². The Morgan fingerprint density at radius 1 is 0.868 bits per heavy atom. The molecule has 3 aromatic rings. The van der Waals surface area contributed by atoms with Crippen molar-refractivity contribution in [3.63, 3.8) is 0 Å². The molecule has 5 heteroatoms. The van der Waals surface area contributed by atoms with Crippen LogP contribution in [0.4, 0.5) is 11.4 Å². The predicted octanol–water partition coefficient (Wildman–Crippen LogP) is 7.03. The van der Waals surface area contributed by atoms with Gasteiger partial charge in [0.15, 0.2) is 0 Å². The number of carbonyl (C=O) groups is 2. The van der Waals surface area contributed by atoms with Crippen molar-refractivity contribution in [3.05, 3.63) is 89.5 Å². The number of esters is 1. The van der Waals surface area contributed by atoms with Crippen LogP contribution in [0.15, 0.2) is 72.8 Å². The van der Waals surface area contributed by atoms with Crippen LogP contribution in [0.3, 0.4) is 0 Å². The van der Waals surface area contributed by atoms with Crippen LogP contribution in [0.1, 0.15) is 48.8 Å². The molecular weight excluding hydrogens is 472 g/mol. The van der Waals surface area contributed by atoms with E-state index in [1.54, 1.807) is 6.08 Å². The first-order valence-corrected chi connectivity index (χ1v) is 13.4. The molecule has 1 aliphatic carbocycles. The minimum atomic E-state index is -0.401. The Kier molecular flexibility index (Phi) is 9.01. The van der Waals surface area contributed by atoms with Crippen molar-refractivity contribution < 1.29 is 14.3 Å². The minimum absolute atomic E-state index is 0.0496. The van der Waals surface area contributed by atoms with Crippen LogP contribution in [-0.2, 0) is 20.9 Å². The third kappa shape index (κ3) is 6.71. The van der Waals surface area contributed by atoms with Gasteiger partial charge in [-0.05, 0) is 77.9 Å². The van der Waals surface area contributed by atoms with Gasteiger partial charge in [-0.2, -0.15) is 0 Å². The number of amides is 1. The monoisotopic (exact) mass is 510 g/mol. The highest BCUT2D eigenvalue weighted by Gasteiger charge is 2.27. The number of ether oxygens (including phenoxy) is 1. The summed E-state index contributed by atoms with van der Waals surface area (Å²) in [6, 6.07) is 23.0. The standard InChI is InChI=1S/C33H38N2O3/c1-24-10-18-31(22-29(24)17-21-32(36)38-4)35(33(37)28-8-6-5-7-9-28)23-25-11-13-26(14-12-25)27-15-19-30(20-16-27)34(2)3/h10-22,28H,5-9,23H2,1-4H3/b21-17+. The summed E-state index contributed by atoms with van der Waals surface area (Å²) in [7, 11) is 5.44. The van der Waals surface area contributed by atoms with E-state index in [1.807, 2.05) is 44.1 Å². The van der Waals surface area contributed by atoms with Gasteiger partial charge >= 0.3 is 5.97 Å². The van der Waals surface area contributed by atoms with Gasteiger partial charge in [-0.15, -0.1) is 0 Å². The summed E-state index contributed by atoms with van der Waals surface area (Å²) in [4.78, 5) is 29.5. The molecule has 198 valence electrons. The first kappa shape index (κ1) is 27.2. The van der Waals surface area contributed by atoms with Gasteiger partial charge < -0.3 is 14.5 Å². The molecule has 0 N–H and O–H groups in total. The summed E-state index contributed by atoms with van der Waals surface area (Å²) in [6.07, 6.45) is 8.47. The SMILES string of the molecule is COC(=O)/C=C/c1cc(N(Cc2ccc(-c3ccc(N(C)C)cc3)cc2)C(=O)C2CCCCC2)ccc1C. The first-order chi connectivity index (χ1) is 18.4. The lowest BCUT2D eigenvalue weighted by atomic mass is 9.88. The third-order valence-corrected chi connectivity index (χ3v) is 7.41. The zero-order valence-electron chi connectivity index (χ0n) is 22.9. The van der Waals surface area contributed by atoms with E-state index in [2.05, 4.69) is 53.4 Å². The molecule has 1 saturated carbocycles. The third-order valence-electron chi connectivity index (χ3n) is 7.41. The number of aryl methyl sites for hydroxylation is 1. The minimum Gasteiger partial charge on any atom is -0.466 e. The van der Waals surface area contributed by atoms with Crippen LogP contribution >= 0.6 is 0 Å². The van der Waals surface area contributed by atoms with Crippen LogP contribution in [-0.4, -0.2) is 33.1 Å². The fourth-order valence-corrected chi connectivity index (χ4v) is 5.00. The maximum Gasteiger partial charge on any atom is 0.330 e. The van der Waals surface area contributed by atoms with Gasteiger partial charge in [0.1, 0.15) is 0 Å². The Morgan fingerprint density at radius 2 is 1.47 bits per heavy atom. The number of hydrogen-bond acceptors (Lipinski definition) is 4. The average molecular weight is 511 g/mol. The summed E-state index contributed by atoms with van der Waals surface area (Å²) in [5.74, 6) is -0.171. The highest BCUT2D eigenvalue weighted by Crippen LogP contribution is 2.31. The molecule has 38 heavy (non-hydrogen) atoms. The van der Waals surface area contributed by atoms with E-state index in [-0.39, 0.29) is 11.8 Å². The molecule has 0 heterocycles. The number of anilines is 2. The molecule has 4 rings (SSSR count). The van der Waals surface area contributed by atoms with Gasteiger partial charge in [0.05, 0.1) is 13.7 Å². The van der Waals surface area contributed by atoms with Crippen molar-refractivity contribution in [2.45, 2.75) is 45.6 Å². The molecule has 1 amide bonds. The van der Waals surface area contributed by atoms with Crippen molar-refractivity contribution in [1.29, 1.82) is 0 Å². The lowest BCUT2D eigenvalue weighted by molar-refractivity contribution is -0.134. The molecule has 0 aromatic heterocycles. The summed E-state index contributed by atoms with van der Waals surface area (Å²) in [5.41, 5.74) is 7.33. The molecule has 0 unspecified atom stereocenters.